The van der Waals surface area contributed by atoms with Crippen LogP contribution in [0.3, 0.4) is 0 Å². The highest BCUT2D eigenvalue weighted by Crippen LogP contribution is 2.25. The third-order valence-electron chi connectivity index (χ3n) is 2.03. The lowest BCUT2D eigenvalue weighted by molar-refractivity contribution is -0.222. The van der Waals surface area contributed by atoms with Crippen LogP contribution in [0.4, 0.5) is 17.6 Å². The Balaban J connectivity index is 2.62. The summed E-state index contributed by atoms with van der Waals surface area (Å²) in [5.74, 6) is -1.11. The number of halogens is 4. The molecule has 0 amide bonds. The summed E-state index contributed by atoms with van der Waals surface area (Å²) >= 11 is 0. The van der Waals surface area contributed by atoms with Gasteiger partial charge in [-0.2, -0.15) is 13.2 Å². The topological polar surface area (TPSA) is 26.3 Å². The molecule has 6 heteroatoms. The first-order chi connectivity index (χ1) is 7.45. The molecule has 1 unspecified atom stereocenters. The van der Waals surface area contributed by atoms with Crippen molar-refractivity contribution in [2.45, 2.75) is 25.1 Å². The van der Waals surface area contributed by atoms with Crippen molar-refractivity contribution >= 4 is 5.97 Å². The molecule has 0 fully saturated rings. The van der Waals surface area contributed by atoms with Gasteiger partial charge in [0.05, 0.1) is 0 Å². The van der Waals surface area contributed by atoms with E-state index in [0.717, 1.165) is 0 Å². The van der Waals surface area contributed by atoms with Crippen molar-refractivity contribution in [1.29, 1.82) is 0 Å². The second-order valence-corrected chi connectivity index (χ2v) is 3.25. The van der Waals surface area contributed by atoms with Gasteiger partial charge in [0.25, 0.3) is 0 Å². The number of carbonyl (C=O) groups excluding carboxylic acids is 1. The standard InChI is InChI=1S/C10H10F4O2/c11-6-8(10(12,13)14)16-9(15)7-4-2-1-3-5-7/h1-2,4,8H,3,5-6H2. The molecule has 0 saturated heterocycles. The molecule has 1 rings (SSSR count). The van der Waals surface area contributed by atoms with Crippen molar-refractivity contribution in [1.82, 2.24) is 0 Å². The van der Waals surface area contributed by atoms with Gasteiger partial charge in [0.2, 0.25) is 6.10 Å². The van der Waals surface area contributed by atoms with Crippen LogP contribution >= 0.6 is 0 Å². The van der Waals surface area contributed by atoms with Crippen LogP contribution in [0.15, 0.2) is 23.8 Å². The molecule has 0 radical (unpaired) electrons. The lowest BCUT2D eigenvalue weighted by atomic mass is 10.1. The highest BCUT2D eigenvalue weighted by Gasteiger charge is 2.43. The Morgan fingerprint density at radius 1 is 1.50 bits per heavy atom. The molecular weight excluding hydrogens is 228 g/mol. The number of hydrogen-bond donors (Lipinski definition) is 0. The first-order valence-corrected chi connectivity index (χ1v) is 4.64. The zero-order valence-corrected chi connectivity index (χ0v) is 8.26. The van der Waals surface area contributed by atoms with Crippen molar-refractivity contribution < 1.29 is 27.1 Å². The number of esters is 1. The lowest BCUT2D eigenvalue weighted by Gasteiger charge is -2.18. The highest BCUT2D eigenvalue weighted by molar-refractivity contribution is 5.89. The van der Waals surface area contributed by atoms with Gasteiger partial charge in [0.1, 0.15) is 6.67 Å². The van der Waals surface area contributed by atoms with Gasteiger partial charge in [-0.15, -0.1) is 0 Å². The third-order valence-corrected chi connectivity index (χ3v) is 2.03. The molecule has 1 aliphatic rings. The summed E-state index contributed by atoms with van der Waals surface area (Å²) in [7, 11) is 0. The van der Waals surface area contributed by atoms with Crippen LogP contribution in [-0.2, 0) is 9.53 Å². The molecule has 2 nitrogen and oxygen atoms in total. The summed E-state index contributed by atoms with van der Waals surface area (Å²) in [4.78, 5) is 11.2. The third kappa shape index (κ3) is 3.36. The van der Waals surface area contributed by atoms with E-state index >= 15 is 0 Å². The number of allylic oxidation sites excluding steroid dienone is 3. The zero-order chi connectivity index (χ0) is 12.2. The highest BCUT2D eigenvalue weighted by atomic mass is 19.4. The van der Waals surface area contributed by atoms with Gasteiger partial charge < -0.3 is 4.74 Å². The summed E-state index contributed by atoms with van der Waals surface area (Å²) in [5, 5.41) is 0. The fourth-order valence-electron chi connectivity index (χ4n) is 1.16. The average molecular weight is 238 g/mol. The monoisotopic (exact) mass is 238 g/mol. The van der Waals surface area contributed by atoms with Gasteiger partial charge in [-0.05, 0) is 12.8 Å². The Bertz CT molecular complexity index is 317. The quantitative estimate of drug-likeness (QED) is 0.558. The first-order valence-electron chi connectivity index (χ1n) is 4.64. The molecular formula is C10H10F4O2. The van der Waals surface area contributed by atoms with Crippen LogP contribution in [-0.4, -0.2) is 24.9 Å². The molecule has 90 valence electrons. The van der Waals surface area contributed by atoms with E-state index in [4.69, 9.17) is 0 Å². The normalized spacial score (nSPS) is 17.9. The van der Waals surface area contributed by atoms with Gasteiger partial charge >= 0.3 is 12.1 Å². The summed E-state index contributed by atoms with van der Waals surface area (Å²) in [6, 6.07) is 0. The smallest absolute Gasteiger partial charge is 0.428 e. The Hall–Kier alpha value is -1.33. The Morgan fingerprint density at radius 3 is 2.62 bits per heavy atom. The van der Waals surface area contributed by atoms with Gasteiger partial charge in [-0.3, -0.25) is 0 Å². The molecule has 0 N–H and O–H groups in total. The number of rotatable bonds is 3. The van der Waals surface area contributed by atoms with Crippen molar-refractivity contribution in [2.75, 3.05) is 6.67 Å². The van der Waals surface area contributed by atoms with Crippen molar-refractivity contribution in [2.24, 2.45) is 0 Å². The molecule has 0 heterocycles. The number of alkyl halides is 4. The summed E-state index contributed by atoms with van der Waals surface area (Å²) < 4.78 is 52.4. The molecule has 0 spiro atoms. The van der Waals surface area contributed by atoms with Crippen LogP contribution in [0.2, 0.25) is 0 Å². The average Bonchev–Trinajstić information content (AvgIpc) is 2.25. The number of hydrogen-bond acceptors (Lipinski definition) is 2. The Kier molecular flexibility index (Phi) is 4.09. The van der Waals surface area contributed by atoms with Crippen LogP contribution < -0.4 is 0 Å². The van der Waals surface area contributed by atoms with Gasteiger partial charge in [0.15, 0.2) is 0 Å². The van der Waals surface area contributed by atoms with E-state index in [0.29, 0.717) is 12.8 Å². The maximum Gasteiger partial charge on any atom is 0.428 e. The van der Waals surface area contributed by atoms with E-state index in [1.54, 1.807) is 12.2 Å². The SMILES string of the molecule is O=C(OC(CF)C(F)(F)F)C1=CC=CCC1. The molecule has 0 aromatic carbocycles. The van der Waals surface area contributed by atoms with Crippen LogP contribution in [0, 0.1) is 0 Å². The van der Waals surface area contributed by atoms with E-state index in [2.05, 4.69) is 4.74 Å². The number of ether oxygens (including phenoxy) is 1. The molecule has 1 aliphatic carbocycles. The molecule has 1 atom stereocenters. The second-order valence-electron chi connectivity index (χ2n) is 3.25. The maximum absolute atomic E-state index is 12.1. The van der Waals surface area contributed by atoms with Crippen LogP contribution in [0.25, 0.3) is 0 Å². The zero-order valence-electron chi connectivity index (χ0n) is 8.26. The van der Waals surface area contributed by atoms with E-state index in [-0.39, 0.29) is 5.57 Å². The van der Waals surface area contributed by atoms with E-state index in [1.165, 1.54) is 6.08 Å². The first kappa shape index (κ1) is 12.7. The summed E-state index contributed by atoms with van der Waals surface area (Å²) in [6.07, 6.45) is -1.97. The van der Waals surface area contributed by atoms with Crippen molar-refractivity contribution in [3.63, 3.8) is 0 Å². The Morgan fingerprint density at radius 2 is 2.19 bits per heavy atom. The van der Waals surface area contributed by atoms with Crippen molar-refractivity contribution in [3.05, 3.63) is 23.8 Å². The largest absolute Gasteiger partial charge is 0.446 e. The maximum atomic E-state index is 12.1. The van der Waals surface area contributed by atoms with Gasteiger partial charge in [0, 0.05) is 5.57 Å². The van der Waals surface area contributed by atoms with E-state index in [9.17, 15) is 22.4 Å². The predicted octanol–water partition coefficient (Wildman–Crippen LogP) is 2.71. The van der Waals surface area contributed by atoms with Gasteiger partial charge in [-0.1, -0.05) is 18.2 Å². The molecule has 0 aromatic heterocycles. The minimum atomic E-state index is -4.87. The fraction of sp³-hybridized carbons (Fsp3) is 0.500. The summed E-state index contributed by atoms with van der Waals surface area (Å²) in [5.41, 5.74) is 0.130. The lowest BCUT2D eigenvalue weighted by Crippen LogP contribution is -2.36. The molecule has 0 bridgehead atoms. The van der Waals surface area contributed by atoms with E-state index < -0.39 is 24.9 Å². The minimum Gasteiger partial charge on any atom is -0.446 e. The van der Waals surface area contributed by atoms with Crippen LogP contribution in [0.1, 0.15) is 12.8 Å². The van der Waals surface area contributed by atoms with Crippen LogP contribution in [0.5, 0.6) is 0 Å². The molecule has 0 aromatic rings. The van der Waals surface area contributed by atoms with Crippen molar-refractivity contribution in [3.8, 4) is 0 Å². The van der Waals surface area contributed by atoms with E-state index in [1.807, 2.05) is 0 Å². The molecule has 16 heavy (non-hydrogen) atoms. The second kappa shape index (κ2) is 5.14. The fourth-order valence-corrected chi connectivity index (χ4v) is 1.16. The molecule has 0 saturated carbocycles. The summed E-state index contributed by atoms with van der Waals surface area (Å²) in [6.45, 7) is -1.77. The predicted molar refractivity (Wildman–Crippen MR) is 48.4 cm³/mol. The molecule has 0 aliphatic heterocycles. The number of carbonyl (C=O) groups is 1. The Labute approximate surface area is 89.6 Å². The van der Waals surface area contributed by atoms with Gasteiger partial charge in [-0.25, -0.2) is 9.18 Å². The minimum absolute atomic E-state index is 0.130.